The van der Waals surface area contributed by atoms with Crippen LogP contribution in [-0.2, 0) is 11.3 Å². The monoisotopic (exact) mass is 344 g/mol. The van der Waals surface area contributed by atoms with Gasteiger partial charge in [0.25, 0.3) is 0 Å². The molecule has 0 bridgehead atoms. The van der Waals surface area contributed by atoms with Gasteiger partial charge in [-0.2, -0.15) is 0 Å². The van der Waals surface area contributed by atoms with Crippen molar-refractivity contribution >= 4 is 23.1 Å². The van der Waals surface area contributed by atoms with E-state index < -0.39 is 0 Å². The molecule has 0 aliphatic carbocycles. The van der Waals surface area contributed by atoms with E-state index in [0.717, 1.165) is 38.5 Å². The predicted octanol–water partition coefficient (Wildman–Crippen LogP) is 2.23. The number of anilines is 1. The number of nitrogens with zero attached hydrogens (tertiary/aromatic N) is 4. The van der Waals surface area contributed by atoms with Gasteiger partial charge in [-0.15, -0.1) is 11.3 Å². The zero-order valence-electron chi connectivity index (χ0n) is 14.3. The van der Waals surface area contributed by atoms with E-state index in [1.165, 1.54) is 10.4 Å². The Morgan fingerprint density at radius 2 is 2.04 bits per heavy atom. The first-order valence-electron chi connectivity index (χ1n) is 8.29. The van der Waals surface area contributed by atoms with E-state index in [9.17, 15) is 4.79 Å². The smallest absolute Gasteiger partial charge is 0.236 e. The highest BCUT2D eigenvalue weighted by atomic mass is 32.1. The number of hydrogen-bond donors (Lipinski definition) is 0. The van der Waals surface area contributed by atoms with E-state index in [4.69, 9.17) is 0 Å². The van der Waals surface area contributed by atoms with E-state index in [-0.39, 0.29) is 5.91 Å². The van der Waals surface area contributed by atoms with Crippen molar-refractivity contribution in [3.05, 3.63) is 46.3 Å². The molecule has 1 aliphatic rings. The molecular formula is C18H24N4OS. The lowest BCUT2D eigenvalue weighted by Crippen LogP contribution is -2.51. The van der Waals surface area contributed by atoms with Gasteiger partial charge in [0.05, 0.1) is 6.54 Å². The van der Waals surface area contributed by atoms with Crippen molar-refractivity contribution in [3.63, 3.8) is 0 Å². The summed E-state index contributed by atoms with van der Waals surface area (Å²) in [6.45, 7) is 6.65. The summed E-state index contributed by atoms with van der Waals surface area (Å²) < 4.78 is 0. The Balaban J connectivity index is 1.47. The van der Waals surface area contributed by atoms with Crippen LogP contribution in [-0.4, -0.2) is 60.5 Å². The highest BCUT2D eigenvalue weighted by Gasteiger charge is 2.22. The first-order valence-corrected chi connectivity index (χ1v) is 9.16. The van der Waals surface area contributed by atoms with Crippen LogP contribution in [0.4, 0.5) is 5.82 Å². The molecule has 6 heteroatoms. The molecule has 5 nitrogen and oxygen atoms in total. The molecule has 128 valence electrons. The molecule has 0 atom stereocenters. The third-order valence-corrected chi connectivity index (χ3v) is 5.40. The van der Waals surface area contributed by atoms with Gasteiger partial charge in [-0.3, -0.25) is 9.69 Å². The quantitative estimate of drug-likeness (QED) is 0.834. The summed E-state index contributed by atoms with van der Waals surface area (Å²) in [5.41, 5.74) is 1.31. The number of pyridine rings is 1. The second-order valence-corrected chi connectivity index (χ2v) is 7.26. The van der Waals surface area contributed by atoms with Gasteiger partial charge >= 0.3 is 0 Å². The molecule has 0 spiro atoms. The summed E-state index contributed by atoms with van der Waals surface area (Å²) in [6.07, 6.45) is 1.81. The Labute approximate surface area is 147 Å². The molecule has 0 saturated carbocycles. The largest absolute Gasteiger partial charge is 0.353 e. The Morgan fingerprint density at radius 3 is 2.67 bits per heavy atom. The molecular weight excluding hydrogens is 320 g/mol. The molecule has 1 aliphatic heterocycles. The van der Waals surface area contributed by atoms with Gasteiger partial charge < -0.3 is 9.80 Å². The fourth-order valence-electron chi connectivity index (χ4n) is 2.92. The van der Waals surface area contributed by atoms with E-state index >= 15 is 0 Å². The molecule has 3 rings (SSSR count). The molecule has 0 aromatic carbocycles. The Kier molecular flexibility index (Phi) is 5.48. The van der Waals surface area contributed by atoms with Gasteiger partial charge in [0.15, 0.2) is 0 Å². The fourth-order valence-corrected chi connectivity index (χ4v) is 3.91. The molecule has 3 heterocycles. The number of hydrogen-bond acceptors (Lipinski definition) is 5. The Bertz CT molecular complexity index is 665. The molecule has 2 aromatic rings. The van der Waals surface area contributed by atoms with Crippen molar-refractivity contribution in [1.82, 2.24) is 14.8 Å². The summed E-state index contributed by atoms with van der Waals surface area (Å²) in [5.74, 6) is 1.21. The van der Waals surface area contributed by atoms with E-state index in [1.807, 2.05) is 36.3 Å². The zero-order chi connectivity index (χ0) is 16.9. The minimum atomic E-state index is 0.215. The maximum absolute atomic E-state index is 12.5. The summed E-state index contributed by atoms with van der Waals surface area (Å²) in [4.78, 5) is 24.6. The predicted molar refractivity (Wildman–Crippen MR) is 98.4 cm³/mol. The van der Waals surface area contributed by atoms with Crippen LogP contribution >= 0.6 is 11.3 Å². The maximum Gasteiger partial charge on any atom is 0.236 e. The van der Waals surface area contributed by atoms with Crippen molar-refractivity contribution in [1.29, 1.82) is 0 Å². The number of aryl methyl sites for hydroxylation is 1. The van der Waals surface area contributed by atoms with Gasteiger partial charge in [-0.05, 0) is 43.1 Å². The standard InChI is InChI=1S/C18H24N4OS/c1-15-6-12-24-16(15)13-20(2)14-18(23)22-10-8-21(9-11-22)17-5-3-4-7-19-17/h3-7,12H,8-11,13-14H2,1-2H3. The number of thiophene rings is 1. The number of carbonyl (C=O) groups is 1. The van der Waals surface area contributed by atoms with Gasteiger partial charge in [0, 0.05) is 43.8 Å². The molecule has 1 fully saturated rings. The van der Waals surface area contributed by atoms with Crippen LogP contribution in [0.1, 0.15) is 10.4 Å². The third kappa shape index (κ3) is 4.13. The SMILES string of the molecule is Cc1ccsc1CN(C)CC(=O)N1CCN(c2ccccn2)CC1. The minimum absolute atomic E-state index is 0.215. The number of amides is 1. The summed E-state index contributed by atoms with van der Waals surface area (Å²) in [7, 11) is 2.02. The van der Waals surface area contributed by atoms with Gasteiger partial charge in [0.1, 0.15) is 5.82 Å². The van der Waals surface area contributed by atoms with Crippen LogP contribution in [0.25, 0.3) is 0 Å². The first-order chi connectivity index (χ1) is 11.6. The lowest BCUT2D eigenvalue weighted by molar-refractivity contribution is -0.132. The Morgan fingerprint density at radius 1 is 1.25 bits per heavy atom. The molecule has 0 unspecified atom stereocenters. The fraction of sp³-hybridized carbons (Fsp3) is 0.444. The van der Waals surface area contributed by atoms with Gasteiger partial charge in [-0.1, -0.05) is 6.07 Å². The lowest BCUT2D eigenvalue weighted by Gasteiger charge is -2.36. The van der Waals surface area contributed by atoms with Gasteiger partial charge in [0.2, 0.25) is 5.91 Å². The average Bonchev–Trinajstić information content (AvgIpc) is 3.00. The van der Waals surface area contributed by atoms with Crippen LogP contribution in [0.5, 0.6) is 0 Å². The van der Waals surface area contributed by atoms with Crippen LogP contribution in [0, 0.1) is 6.92 Å². The van der Waals surface area contributed by atoms with Crippen molar-refractivity contribution in [2.45, 2.75) is 13.5 Å². The van der Waals surface area contributed by atoms with Crippen molar-refractivity contribution in [2.24, 2.45) is 0 Å². The van der Waals surface area contributed by atoms with E-state index in [2.05, 4.69) is 33.2 Å². The number of aromatic nitrogens is 1. The number of rotatable bonds is 5. The van der Waals surface area contributed by atoms with Crippen LogP contribution in [0.2, 0.25) is 0 Å². The third-order valence-electron chi connectivity index (χ3n) is 4.39. The maximum atomic E-state index is 12.5. The zero-order valence-corrected chi connectivity index (χ0v) is 15.1. The van der Waals surface area contributed by atoms with E-state index in [0.29, 0.717) is 6.54 Å². The lowest BCUT2D eigenvalue weighted by atomic mass is 10.2. The molecule has 0 radical (unpaired) electrons. The highest BCUT2D eigenvalue weighted by Crippen LogP contribution is 2.17. The van der Waals surface area contributed by atoms with Gasteiger partial charge in [-0.25, -0.2) is 4.98 Å². The summed E-state index contributed by atoms with van der Waals surface area (Å²) >= 11 is 1.76. The average molecular weight is 344 g/mol. The summed E-state index contributed by atoms with van der Waals surface area (Å²) in [6, 6.07) is 8.08. The number of carbonyl (C=O) groups excluding carboxylic acids is 1. The van der Waals surface area contributed by atoms with Crippen molar-refractivity contribution in [3.8, 4) is 0 Å². The van der Waals surface area contributed by atoms with Crippen LogP contribution in [0.3, 0.4) is 0 Å². The Hall–Kier alpha value is -1.92. The second kappa shape index (κ2) is 7.77. The summed E-state index contributed by atoms with van der Waals surface area (Å²) in [5, 5.41) is 2.11. The molecule has 2 aromatic heterocycles. The molecule has 1 saturated heterocycles. The second-order valence-electron chi connectivity index (χ2n) is 6.25. The van der Waals surface area contributed by atoms with Crippen molar-refractivity contribution in [2.75, 3.05) is 44.7 Å². The first kappa shape index (κ1) is 16.9. The minimum Gasteiger partial charge on any atom is -0.353 e. The highest BCUT2D eigenvalue weighted by molar-refractivity contribution is 7.10. The normalized spacial score (nSPS) is 15.1. The number of likely N-dealkylation sites (N-methyl/N-ethyl adjacent to an activating group) is 1. The van der Waals surface area contributed by atoms with Crippen molar-refractivity contribution < 1.29 is 4.79 Å². The molecule has 24 heavy (non-hydrogen) atoms. The molecule has 0 N–H and O–H groups in total. The number of piperazine rings is 1. The van der Waals surface area contributed by atoms with Crippen LogP contribution in [0.15, 0.2) is 35.8 Å². The van der Waals surface area contributed by atoms with E-state index in [1.54, 1.807) is 11.3 Å². The molecule has 1 amide bonds. The van der Waals surface area contributed by atoms with Crippen LogP contribution < -0.4 is 4.90 Å². The topological polar surface area (TPSA) is 39.7 Å².